The van der Waals surface area contributed by atoms with Crippen molar-refractivity contribution in [2.24, 2.45) is 5.14 Å². The molecule has 0 atom stereocenters. The second-order valence-electron chi connectivity index (χ2n) is 4.77. The fourth-order valence-corrected chi connectivity index (χ4v) is 3.26. The molecule has 0 aliphatic heterocycles. The van der Waals surface area contributed by atoms with E-state index in [0.717, 1.165) is 11.8 Å². The van der Waals surface area contributed by atoms with Crippen molar-refractivity contribution >= 4 is 33.4 Å². The van der Waals surface area contributed by atoms with Crippen molar-refractivity contribution in [1.82, 2.24) is 0 Å². The van der Waals surface area contributed by atoms with E-state index in [1.807, 2.05) is 0 Å². The Morgan fingerprint density at radius 1 is 1.17 bits per heavy atom. The van der Waals surface area contributed by atoms with Crippen molar-refractivity contribution < 1.29 is 17.6 Å². The molecule has 0 aliphatic carbocycles. The second-order valence-corrected chi connectivity index (χ2v) is 7.41. The Bertz CT molecular complexity index is 810. The fourth-order valence-electron chi connectivity index (χ4n) is 1.87. The third-order valence-electron chi connectivity index (χ3n) is 2.77. The highest BCUT2D eigenvalue weighted by Gasteiger charge is 2.09. The molecule has 122 valence electrons. The first kappa shape index (κ1) is 17.5. The van der Waals surface area contributed by atoms with Crippen LogP contribution in [0.1, 0.15) is 5.56 Å². The van der Waals surface area contributed by atoms with Crippen LogP contribution in [0.25, 0.3) is 0 Å². The summed E-state index contributed by atoms with van der Waals surface area (Å²) in [6.07, 6.45) is 0. The van der Waals surface area contributed by atoms with Gasteiger partial charge in [-0.2, -0.15) is 0 Å². The summed E-state index contributed by atoms with van der Waals surface area (Å²) in [6, 6.07) is 12.6. The van der Waals surface area contributed by atoms with E-state index in [1.165, 1.54) is 12.1 Å². The Morgan fingerprint density at radius 2 is 1.91 bits per heavy atom. The van der Waals surface area contributed by atoms with Crippen molar-refractivity contribution in [2.75, 3.05) is 11.1 Å². The molecule has 0 aromatic heterocycles. The van der Waals surface area contributed by atoms with Crippen molar-refractivity contribution in [3.8, 4) is 0 Å². The number of rotatable bonds is 6. The monoisotopic (exact) mass is 354 g/mol. The molecule has 0 fully saturated rings. The lowest BCUT2D eigenvalue weighted by molar-refractivity contribution is -0.113. The summed E-state index contributed by atoms with van der Waals surface area (Å²) in [6.45, 7) is 0. The number of carbonyl (C=O) groups is 1. The van der Waals surface area contributed by atoms with Gasteiger partial charge in [-0.1, -0.05) is 24.3 Å². The molecule has 0 saturated heterocycles. The molecule has 0 aliphatic rings. The number of primary sulfonamides is 1. The highest BCUT2D eigenvalue weighted by Crippen LogP contribution is 2.21. The van der Waals surface area contributed by atoms with Gasteiger partial charge in [-0.25, -0.2) is 17.9 Å². The number of anilines is 1. The lowest BCUT2D eigenvalue weighted by Gasteiger charge is -2.07. The van der Waals surface area contributed by atoms with Crippen LogP contribution in [-0.2, 0) is 20.6 Å². The largest absolute Gasteiger partial charge is 0.325 e. The summed E-state index contributed by atoms with van der Waals surface area (Å²) in [5, 5.41) is 7.63. The number of hydrogen-bond donors (Lipinski definition) is 2. The van der Waals surface area contributed by atoms with Crippen LogP contribution in [0.2, 0.25) is 0 Å². The molecule has 0 unspecified atom stereocenters. The summed E-state index contributed by atoms with van der Waals surface area (Å²) in [4.78, 5) is 12.3. The standard InChI is InChI=1S/C15H15FN2O3S2/c16-13-6-1-2-7-14(13)22-9-15(19)18-12-5-3-4-11(8-12)10-23(17,20)21/h1-8H,9-10H2,(H,18,19)(H2,17,20,21). The Morgan fingerprint density at radius 3 is 2.61 bits per heavy atom. The molecular formula is C15H15FN2O3S2. The van der Waals surface area contributed by atoms with E-state index in [9.17, 15) is 17.6 Å². The van der Waals surface area contributed by atoms with Crippen LogP contribution in [0, 0.1) is 5.82 Å². The highest BCUT2D eigenvalue weighted by molar-refractivity contribution is 8.00. The minimum absolute atomic E-state index is 0.0420. The van der Waals surface area contributed by atoms with Gasteiger partial charge in [0, 0.05) is 10.6 Å². The van der Waals surface area contributed by atoms with Gasteiger partial charge in [0.1, 0.15) is 5.82 Å². The molecule has 5 nitrogen and oxygen atoms in total. The predicted molar refractivity (Wildman–Crippen MR) is 89.0 cm³/mol. The fraction of sp³-hybridized carbons (Fsp3) is 0.133. The van der Waals surface area contributed by atoms with Crippen LogP contribution in [0.4, 0.5) is 10.1 Å². The Balaban J connectivity index is 1.95. The zero-order valence-corrected chi connectivity index (χ0v) is 13.7. The van der Waals surface area contributed by atoms with Crippen LogP contribution in [0.15, 0.2) is 53.4 Å². The topological polar surface area (TPSA) is 89.3 Å². The lowest BCUT2D eigenvalue weighted by Crippen LogP contribution is -2.16. The van der Waals surface area contributed by atoms with Gasteiger partial charge in [-0.15, -0.1) is 11.8 Å². The Kier molecular flexibility index (Phi) is 5.75. The average Bonchev–Trinajstić information content (AvgIpc) is 2.45. The minimum atomic E-state index is -3.63. The minimum Gasteiger partial charge on any atom is -0.325 e. The molecule has 2 aromatic carbocycles. The number of nitrogens with two attached hydrogens (primary N) is 1. The molecule has 0 bridgehead atoms. The predicted octanol–water partition coefficient (Wildman–Crippen LogP) is 2.35. The summed E-state index contributed by atoms with van der Waals surface area (Å²) >= 11 is 1.09. The van der Waals surface area contributed by atoms with Crippen molar-refractivity contribution in [2.45, 2.75) is 10.6 Å². The number of amides is 1. The Hall–Kier alpha value is -1.90. The number of halogens is 1. The van der Waals surface area contributed by atoms with Crippen LogP contribution in [-0.4, -0.2) is 20.1 Å². The molecule has 2 aromatic rings. The normalized spacial score (nSPS) is 11.2. The lowest BCUT2D eigenvalue weighted by atomic mass is 10.2. The first-order valence-electron chi connectivity index (χ1n) is 6.60. The van der Waals surface area contributed by atoms with Gasteiger partial charge in [0.25, 0.3) is 0 Å². The molecule has 0 spiro atoms. The van der Waals surface area contributed by atoms with Crippen LogP contribution in [0.5, 0.6) is 0 Å². The number of carbonyl (C=O) groups excluding carboxylic acids is 1. The molecule has 3 N–H and O–H groups in total. The van der Waals surface area contributed by atoms with Gasteiger partial charge >= 0.3 is 0 Å². The van der Waals surface area contributed by atoms with E-state index in [4.69, 9.17) is 5.14 Å². The first-order valence-corrected chi connectivity index (χ1v) is 9.30. The van der Waals surface area contributed by atoms with Gasteiger partial charge in [0.2, 0.25) is 15.9 Å². The van der Waals surface area contributed by atoms with Gasteiger partial charge in [-0.05, 0) is 29.8 Å². The maximum absolute atomic E-state index is 13.5. The molecule has 2 rings (SSSR count). The van der Waals surface area contributed by atoms with Gasteiger partial charge in [0.15, 0.2) is 0 Å². The number of sulfonamides is 1. The third kappa shape index (κ3) is 6.01. The highest BCUT2D eigenvalue weighted by atomic mass is 32.2. The molecular weight excluding hydrogens is 339 g/mol. The summed E-state index contributed by atoms with van der Waals surface area (Å²) in [5.41, 5.74) is 0.942. The maximum Gasteiger partial charge on any atom is 0.234 e. The summed E-state index contributed by atoms with van der Waals surface area (Å²) in [7, 11) is -3.63. The van der Waals surface area contributed by atoms with Crippen molar-refractivity contribution in [1.29, 1.82) is 0 Å². The molecule has 23 heavy (non-hydrogen) atoms. The van der Waals surface area contributed by atoms with E-state index in [2.05, 4.69) is 5.32 Å². The maximum atomic E-state index is 13.5. The van der Waals surface area contributed by atoms with Crippen LogP contribution < -0.4 is 10.5 Å². The van der Waals surface area contributed by atoms with Gasteiger partial charge in [0.05, 0.1) is 11.5 Å². The molecule has 8 heteroatoms. The quantitative estimate of drug-likeness (QED) is 0.779. The molecule has 0 heterocycles. The first-order chi connectivity index (χ1) is 10.8. The molecule has 0 saturated carbocycles. The summed E-state index contributed by atoms with van der Waals surface area (Å²) in [5.74, 6) is -0.951. The van der Waals surface area contributed by atoms with E-state index in [0.29, 0.717) is 16.1 Å². The summed E-state index contributed by atoms with van der Waals surface area (Å²) < 4.78 is 35.6. The van der Waals surface area contributed by atoms with Crippen LogP contribution in [0.3, 0.4) is 0 Å². The molecule has 1 amide bonds. The van der Waals surface area contributed by atoms with E-state index >= 15 is 0 Å². The third-order valence-corrected chi connectivity index (χ3v) is 4.56. The Labute approximate surface area is 138 Å². The average molecular weight is 354 g/mol. The smallest absolute Gasteiger partial charge is 0.234 e. The van der Waals surface area contributed by atoms with E-state index in [1.54, 1.807) is 36.4 Å². The SMILES string of the molecule is NS(=O)(=O)Cc1cccc(NC(=O)CSc2ccccc2F)c1. The van der Waals surface area contributed by atoms with E-state index < -0.39 is 10.0 Å². The second kappa shape index (κ2) is 7.58. The number of benzene rings is 2. The number of hydrogen-bond acceptors (Lipinski definition) is 4. The zero-order chi connectivity index (χ0) is 16.9. The van der Waals surface area contributed by atoms with Gasteiger partial charge < -0.3 is 5.32 Å². The van der Waals surface area contributed by atoms with Crippen molar-refractivity contribution in [3.05, 3.63) is 59.9 Å². The van der Waals surface area contributed by atoms with Gasteiger partial charge in [-0.3, -0.25) is 4.79 Å². The number of nitrogens with one attached hydrogen (secondary N) is 1. The van der Waals surface area contributed by atoms with Crippen molar-refractivity contribution in [3.63, 3.8) is 0 Å². The zero-order valence-electron chi connectivity index (χ0n) is 12.0. The van der Waals surface area contributed by atoms with Crippen LogP contribution >= 0.6 is 11.8 Å². The number of thioether (sulfide) groups is 1. The van der Waals surface area contributed by atoms with E-state index in [-0.39, 0.29) is 23.2 Å². The molecule has 0 radical (unpaired) electrons.